The first-order valence-corrected chi connectivity index (χ1v) is 18.2. The van der Waals surface area contributed by atoms with Crippen LogP contribution in [0.15, 0.2) is 29.2 Å². The topological polar surface area (TPSA) is 104 Å². The quantitative estimate of drug-likeness (QED) is 0.271. The summed E-state index contributed by atoms with van der Waals surface area (Å²) in [6.45, 7) is 2.52. The van der Waals surface area contributed by atoms with Gasteiger partial charge in [0.1, 0.15) is 11.4 Å². The van der Waals surface area contributed by atoms with Crippen molar-refractivity contribution in [1.82, 2.24) is 19.9 Å². The zero-order valence-corrected chi connectivity index (χ0v) is 27.3. The number of rotatable bonds is 9. The number of hydrogen-bond acceptors (Lipinski definition) is 5. The molecule has 238 valence electrons. The predicted molar refractivity (Wildman–Crippen MR) is 171 cm³/mol. The van der Waals surface area contributed by atoms with E-state index in [-0.39, 0.29) is 16.3 Å². The molecule has 0 atom stereocenters. The van der Waals surface area contributed by atoms with Crippen LogP contribution in [0.25, 0.3) is 0 Å². The van der Waals surface area contributed by atoms with Gasteiger partial charge in [0, 0.05) is 43.8 Å². The Balaban J connectivity index is 1.02. The second kappa shape index (κ2) is 14.8. The molecule has 1 saturated carbocycles. The smallest absolute Gasteiger partial charge is 0.267 e. The minimum Gasteiger partial charge on any atom is -0.495 e. The van der Waals surface area contributed by atoms with Gasteiger partial charge in [0.25, 0.3) is 5.91 Å². The number of aromatic nitrogens is 1. The van der Waals surface area contributed by atoms with Crippen molar-refractivity contribution in [1.29, 1.82) is 0 Å². The Morgan fingerprint density at radius 1 is 1.05 bits per heavy atom. The number of ether oxygens (including phenoxy) is 1. The summed E-state index contributed by atoms with van der Waals surface area (Å²) in [5.74, 6) is 0.939. The van der Waals surface area contributed by atoms with Gasteiger partial charge in [-0.3, -0.25) is 4.79 Å². The summed E-state index contributed by atoms with van der Waals surface area (Å²) in [7, 11) is -2.07. The van der Waals surface area contributed by atoms with Crippen molar-refractivity contribution < 1.29 is 17.9 Å². The lowest BCUT2D eigenvalue weighted by Gasteiger charge is -2.39. The molecule has 0 radical (unpaired) electrons. The summed E-state index contributed by atoms with van der Waals surface area (Å²) in [5.41, 5.74) is 3.32. The monoisotopic (exact) mass is 632 g/mol. The molecule has 1 amide bonds. The molecule has 3 heterocycles. The van der Waals surface area contributed by atoms with Crippen molar-refractivity contribution in [3.05, 3.63) is 46.2 Å². The molecule has 3 N–H and O–H groups in total. The van der Waals surface area contributed by atoms with Crippen LogP contribution in [0.2, 0.25) is 5.02 Å². The number of hydrogen-bond donors (Lipinski definition) is 3. The largest absolute Gasteiger partial charge is 0.495 e. The molecule has 10 heteroatoms. The van der Waals surface area contributed by atoms with Gasteiger partial charge < -0.3 is 20.4 Å². The molecule has 0 unspecified atom stereocenters. The standard InChI is InChI=1S/C33H49ClN4O4S/c1-42-31-13-12-27(22-28(31)34)43(40,41)38-19-14-25(15-20-38)11-7-10-18-35-32(39)29-21-26-24-36-33(23-30(26)37-29)16-8-5-3-2-4-6-9-17-33/h12-13,21-22,25,36-37H,2-11,14-20,23-24H2,1H3,(H,35,39). The van der Waals surface area contributed by atoms with E-state index in [9.17, 15) is 13.2 Å². The van der Waals surface area contributed by atoms with Gasteiger partial charge >= 0.3 is 0 Å². The van der Waals surface area contributed by atoms with E-state index in [1.807, 2.05) is 6.07 Å². The van der Waals surface area contributed by atoms with Crippen LogP contribution in [0.5, 0.6) is 5.75 Å². The van der Waals surface area contributed by atoms with Gasteiger partial charge in [0.2, 0.25) is 10.0 Å². The van der Waals surface area contributed by atoms with Gasteiger partial charge in [0.05, 0.1) is 17.0 Å². The van der Waals surface area contributed by atoms with Crippen LogP contribution in [0.3, 0.4) is 0 Å². The molecule has 2 fully saturated rings. The molecular formula is C33H49ClN4O4S. The first kappa shape index (κ1) is 32.3. The molecule has 0 bridgehead atoms. The maximum absolute atomic E-state index is 13.1. The molecule has 1 aromatic heterocycles. The fraction of sp³-hybridized carbons (Fsp3) is 0.667. The van der Waals surface area contributed by atoms with Crippen LogP contribution in [0.1, 0.15) is 112 Å². The van der Waals surface area contributed by atoms with Crippen molar-refractivity contribution in [2.24, 2.45) is 5.92 Å². The second-order valence-electron chi connectivity index (χ2n) is 12.9. The van der Waals surface area contributed by atoms with Gasteiger partial charge in [-0.15, -0.1) is 0 Å². The van der Waals surface area contributed by atoms with Gasteiger partial charge in [-0.25, -0.2) is 8.42 Å². The molecule has 1 spiro atoms. The maximum atomic E-state index is 13.1. The Kier molecular flexibility index (Phi) is 11.1. The van der Waals surface area contributed by atoms with E-state index >= 15 is 0 Å². The number of fused-ring (bicyclic) bond motifs is 1. The van der Waals surface area contributed by atoms with Crippen LogP contribution in [0.4, 0.5) is 0 Å². The minimum absolute atomic E-state index is 0.0217. The lowest BCUT2D eigenvalue weighted by molar-refractivity contribution is 0.0948. The summed E-state index contributed by atoms with van der Waals surface area (Å²) in [4.78, 5) is 16.6. The third-order valence-corrected chi connectivity index (χ3v) is 12.1. The molecule has 1 aromatic carbocycles. The Morgan fingerprint density at radius 2 is 1.74 bits per heavy atom. The number of amides is 1. The zero-order chi connectivity index (χ0) is 30.3. The van der Waals surface area contributed by atoms with Crippen LogP contribution in [-0.4, -0.2) is 55.9 Å². The summed E-state index contributed by atoms with van der Waals surface area (Å²) in [6.07, 6.45) is 17.4. The number of methoxy groups -OCH3 is 1. The van der Waals surface area contributed by atoms with Gasteiger partial charge in [-0.05, 0) is 67.9 Å². The minimum atomic E-state index is -3.57. The molecule has 3 aliphatic rings. The Labute approximate surface area is 262 Å². The number of benzene rings is 1. The van der Waals surface area contributed by atoms with Crippen molar-refractivity contribution in [2.45, 2.75) is 113 Å². The average Bonchev–Trinajstić information content (AvgIpc) is 3.44. The number of nitrogens with one attached hydrogen (secondary N) is 3. The number of nitrogens with zero attached hydrogens (tertiary/aromatic N) is 1. The summed E-state index contributed by atoms with van der Waals surface area (Å²) in [5, 5.41) is 7.28. The maximum Gasteiger partial charge on any atom is 0.267 e. The SMILES string of the molecule is COc1ccc(S(=O)(=O)N2CCC(CCCCNC(=O)c3cc4c([nH]3)CC3(CCCCCCCCC3)NC4)CC2)cc1Cl. The number of aromatic amines is 1. The highest BCUT2D eigenvalue weighted by atomic mass is 35.5. The van der Waals surface area contributed by atoms with Crippen LogP contribution in [-0.2, 0) is 23.0 Å². The number of piperidine rings is 1. The number of carbonyl (C=O) groups excluding carboxylic acids is 1. The number of halogens is 1. The highest BCUT2D eigenvalue weighted by Crippen LogP contribution is 2.34. The van der Waals surface area contributed by atoms with Crippen molar-refractivity contribution >= 4 is 27.5 Å². The van der Waals surface area contributed by atoms with E-state index in [2.05, 4.69) is 15.6 Å². The van der Waals surface area contributed by atoms with Crippen molar-refractivity contribution in [3.8, 4) is 5.75 Å². The molecular weight excluding hydrogens is 584 g/mol. The van der Waals surface area contributed by atoms with E-state index in [1.54, 1.807) is 16.4 Å². The third-order valence-electron chi connectivity index (χ3n) is 9.88. The molecule has 2 aromatic rings. The summed E-state index contributed by atoms with van der Waals surface area (Å²) < 4.78 is 32.9. The van der Waals surface area contributed by atoms with E-state index in [4.69, 9.17) is 16.3 Å². The van der Waals surface area contributed by atoms with Crippen LogP contribution >= 0.6 is 11.6 Å². The number of sulfonamides is 1. The van der Waals surface area contributed by atoms with Gasteiger partial charge in [0.15, 0.2) is 0 Å². The Hall–Kier alpha value is -2.07. The van der Waals surface area contributed by atoms with E-state index in [0.717, 1.165) is 45.1 Å². The van der Waals surface area contributed by atoms with Gasteiger partial charge in [-0.2, -0.15) is 4.31 Å². The van der Waals surface area contributed by atoms with E-state index in [1.165, 1.54) is 82.2 Å². The fourth-order valence-electron chi connectivity index (χ4n) is 7.20. The molecule has 1 saturated heterocycles. The highest BCUT2D eigenvalue weighted by Gasteiger charge is 2.35. The van der Waals surface area contributed by atoms with Crippen LogP contribution in [0, 0.1) is 5.92 Å². The third kappa shape index (κ3) is 8.16. The number of H-pyrrole nitrogens is 1. The highest BCUT2D eigenvalue weighted by molar-refractivity contribution is 7.89. The lowest BCUT2D eigenvalue weighted by Crippen LogP contribution is -2.49. The second-order valence-corrected chi connectivity index (χ2v) is 15.2. The van der Waals surface area contributed by atoms with E-state index in [0.29, 0.717) is 42.0 Å². The zero-order valence-electron chi connectivity index (χ0n) is 25.7. The Bertz CT molecular complexity index is 1330. The van der Waals surface area contributed by atoms with Crippen molar-refractivity contribution in [3.63, 3.8) is 0 Å². The molecule has 8 nitrogen and oxygen atoms in total. The van der Waals surface area contributed by atoms with Crippen LogP contribution < -0.4 is 15.4 Å². The van der Waals surface area contributed by atoms with Crippen molar-refractivity contribution in [2.75, 3.05) is 26.7 Å². The predicted octanol–water partition coefficient (Wildman–Crippen LogP) is 6.59. The first-order valence-electron chi connectivity index (χ1n) is 16.4. The van der Waals surface area contributed by atoms with E-state index < -0.39 is 10.0 Å². The molecule has 5 rings (SSSR count). The molecule has 43 heavy (non-hydrogen) atoms. The first-order chi connectivity index (χ1) is 20.8. The average molecular weight is 633 g/mol. The number of carbonyl (C=O) groups is 1. The lowest BCUT2D eigenvalue weighted by atomic mass is 9.79. The summed E-state index contributed by atoms with van der Waals surface area (Å²) in [6, 6.07) is 6.65. The normalized spacial score (nSPS) is 20.4. The van der Waals surface area contributed by atoms with Gasteiger partial charge in [-0.1, -0.05) is 69.4 Å². The molecule has 2 aliphatic heterocycles. The number of unbranched alkanes of at least 4 members (excludes halogenated alkanes) is 1. The fourth-order valence-corrected chi connectivity index (χ4v) is 9.02. The molecule has 1 aliphatic carbocycles. The Morgan fingerprint density at radius 3 is 2.42 bits per heavy atom. The summed E-state index contributed by atoms with van der Waals surface area (Å²) >= 11 is 6.17.